The molecule has 13 heavy (non-hydrogen) atoms. The molecule has 0 unspecified atom stereocenters. The van der Waals surface area contributed by atoms with Crippen LogP contribution < -0.4 is 5.32 Å². The summed E-state index contributed by atoms with van der Waals surface area (Å²) in [7, 11) is 0. The molecule has 0 amide bonds. The zero-order chi connectivity index (χ0) is 8.97. The van der Waals surface area contributed by atoms with Crippen molar-refractivity contribution in [1.82, 2.24) is 5.32 Å². The number of carboxylic acids is 1. The number of hydrogen-bond donors (Lipinski definition) is 2. The highest BCUT2D eigenvalue weighted by atomic mass is 35.5. The van der Waals surface area contributed by atoms with Gasteiger partial charge in [-0.15, -0.1) is 12.4 Å². The zero-order valence-corrected chi connectivity index (χ0v) is 8.15. The van der Waals surface area contributed by atoms with Crippen molar-refractivity contribution in [1.29, 1.82) is 0 Å². The van der Waals surface area contributed by atoms with E-state index in [0.717, 1.165) is 19.3 Å². The molecule has 0 aromatic rings. The lowest BCUT2D eigenvalue weighted by atomic mass is 9.94. The highest BCUT2D eigenvalue weighted by Crippen LogP contribution is 2.20. The summed E-state index contributed by atoms with van der Waals surface area (Å²) in [6, 6.07) is -0.241. The smallest absolute Gasteiger partial charge is 0.317 e. The minimum Gasteiger partial charge on any atom is -0.480 e. The Labute approximate surface area is 83.1 Å². The molecule has 0 aromatic heterocycles. The van der Waals surface area contributed by atoms with Crippen molar-refractivity contribution in [3.63, 3.8) is 0 Å². The van der Waals surface area contributed by atoms with E-state index in [4.69, 9.17) is 5.11 Å². The quantitative estimate of drug-likeness (QED) is 0.741. The second-order valence-corrected chi connectivity index (χ2v) is 3.18. The number of hydrogen-bond acceptors (Lipinski definition) is 2. The van der Waals surface area contributed by atoms with E-state index in [1.165, 1.54) is 0 Å². The Balaban J connectivity index is 0.00000144. The van der Waals surface area contributed by atoms with Crippen molar-refractivity contribution in [2.24, 2.45) is 0 Å². The van der Waals surface area contributed by atoms with E-state index >= 15 is 0 Å². The maximum absolute atomic E-state index is 13.0. The van der Waals surface area contributed by atoms with Gasteiger partial charge in [0, 0.05) is 6.04 Å². The summed E-state index contributed by atoms with van der Waals surface area (Å²) < 4.78 is 13.0. The summed E-state index contributed by atoms with van der Waals surface area (Å²) in [5.74, 6) is -0.923. The molecule has 3 nitrogen and oxygen atoms in total. The van der Waals surface area contributed by atoms with E-state index in [1.807, 2.05) is 0 Å². The van der Waals surface area contributed by atoms with Crippen LogP contribution in [-0.2, 0) is 4.79 Å². The van der Waals surface area contributed by atoms with Gasteiger partial charge in [0.2, 0.25) is 0 Å². The van der Waals surface area contributed by atoms with Crippen LogP contribution in [0.5, 0.6) is 0 Å². The Morgan fingerprint density at radius 1 is 1.46 bits per heavy atom. The topological polar surface area (TPSA) is 49.3 Å². The lowest BCUT2D eigenvalue weighted by Crippen LogP contribution is -2.42. The highest BCUT2D eigenvalue weighted by molar-refractivity contribution is 5.85. The Morgan fingerprint density at radius 3 is 2.62 bits per heavy atom. The van der Waals surface area contributed by atoms with Crippen LogP contribution in [0.4, 0.5) is 4.39 Å². The minimum atomic E-state index is -0.923. The molecule has 0 heterocycles. The molecule has 0 aliphatic heterocycles. The molecule has 0 radical (unpaired) electrons. The Morgan fingerprint density at radius 2 is 2.08 bits per heavy atom. The minimum absolute atomic E-state index is 0. The second kappa shape index (κ2) is 6.16. The lowest BCUT2D eigenvalue weighted by Gasteiger charge is -2.25. The van der Waals surface area contributed by atoms with Crippen molar-refractivity contribution in [2.75, 3.05) is 6.54 Å². The first-order chi connectivity index (χ1) is 5.70. The van der Waals surface area contributed by atoms with Gasteiger partial charge < -0.3 is 10.4 Å². The van der Waals surface area contributed by atoms with Crippen LogP contribution in [0.2, 0.25) is 0 Å². The van der Waals surface area contributed by atoms with Crippen LogP contribution in [0.3, 0.4) is 0 Å². The number of carboxylic acid groups (broad SMARTS) is 1. The van der Waals surface area contributed by atoms with E-state index < -0.39 is 12.1 Å². The largest absolute Gasteiger partial charge is 0.480 e. The van der Waals surface area contributed by atoms with Gasteiger partial charge in [0.25, 0.3) is 0 Å². The summed E-state index contributed by atoms with van der Waals surface area (Å²) in [4.78, 5) is 10.2. The van der Waals surface area contributed by atoms with Gasteiger partial charge in [0.15, 0.2) is 0 Å². The monoisotopic (exact) mass is 211 g/mol. The summed E-state index contributed by atoms with van der Waals surface area (Å²) in [6.07, 6.45) is 2.38. The molecule has 78 valence electrons. The van der Waals surface area contributed by atoms with E-state index in [9.17, 15) is 9.18 Å². The fraction of sp³-hybridized carbons (Fsp3) is 0.875. The van der Waals surface area contributed by atoms with Crippen molar-refractivity contribution < 1.29 is 14.3 Å². The average molecular weight is 212 g/mol. The number of alkyl halides is 1. The maximum atomic E-state index is 13.0. The molecule has 1 saturated carbocycles. The standard InChI is InChI=1S/C8H14FNO2.ClH/c9-6-3-1-2-4-7(6)10-5-8(11)12;/h6-7,10H,1-5H2,(H,11,12);1H/t6-,7-;/m1./s1. The van der Waals surface area contributed by atoms with Crippen molar-refractivity contribution in [3.05, 3.63) is 0 Å². The molecule has 5 heteroatoms. The van der Waals surface area contributed by atoms with Crippen LogP contribution >= 0.6 is 12.4 Å². The van der Waals surface area contributed by atoms with Gasteiger partial charge in [-0.25, -0.2) is 4.39 Å². The molecule has 0 spiro atoms. The van der Waals surface area contributed by atoms with Gasteiger partial charge in [-0.3, -0.25) is 4.79 Å². The highest BCUT2D eigenvalue weighted by Gasteiger charge is 2.24. The fourth-order valence-corrected chi connectivity index (χ4v) is 1.53. The first-order valence-electron chi connectivity index (χ1n) is 4.29. The normalized spacial score (nSPS) is 27.8. The van der Waals surface area contributed by atoms with E-state index in [1.54, 1.807) is 0 Å². The van der Waals surface area contributed by atoms with Crippen LogP contribution in [0, 0.1) is 0 Å². The molecular weight excluding hydrogens is 197 g/mol. The van der Waals surface area contributed by atoms with Crippen molar-refractivity contribution in [2.45, 2.75) is 37.9 Å². The number of nitrogens with one attached hydrogen (secondary N) is 1. The molecule has 1 aliphatic carbocycles. The number of aliphatic carboxylic acids is 1. The van der Waals surface area contributed by atoms with Crippen LogP contribution in [-0.4, -0.2) is 29.8 Å². The lowest BCUT2D eigenvalue weighted by molar-refractivity contribution is -0.136. The van der Waals surface area contributed by atoms with E-state index in [2.05, 4.69) is 5.32 Å². The molecule has 0 aromatic carbocycles. The van der Waals surface area contributed by atoms with Gasteiger partial charge in [0.1, 0.15) is 6.17 Å². The first-order valence-corrected chi connectivity index (χ1v) is 4.29. The Bertz CT molecular complexity index is 168. The second-order valence-electron chi connectivity index (χ2n) is 3.18. The average Bonchev–Trinajstić information content (AvgIpc) is 2.03. The molecular formula is C8H15ClFNO2. The summed E-state index contributed by atoms with van der Waals surface area (Å²) in [5, 5.41) is 11.0. The number of carbonyl (C=O) groups is 1. The fourth-order valence-electron chi connectivity index (χ4n) is 1.53. The SMILES string of the molecule is Cl.O=C(O)CN[C@@H]1CCCC[C@H]1F. The summed E-state index contributed by atoms with van der Waals surface area (Å²) >= 11 is 0. The molecule has 0 saturated heterocycles. The third-order valence-electron chi connectivity index (χ3n) is 2.20. The van der Waals surface area contributed by atoms with Gasteiger partial charge in [-0.1, -0.05) is 12.8 Å². The predicted molar refractivity (Wildman–Crippen MR) is 50.0 cm³/mol. The molecule has 2 N–H and O–H groups in total. The van der Waals surface area contributed by atoms with Crippen LogP contribution in [0.15, 0.2) is 0 Å². The first kappa shape index (κ1) is 12.7. The number of rotatable bonds is 3. The third-order valence-corrected chi connectivity index (χ3v) is 2.20. The molecule has 0 bridgehead atoms. The number of halogens is 2. The molecule has 1 rings (SSSR count). The van der Waals surface area contributed by atoms with Crippen LogP contribution in [0.25, 0.3) is 0 Å². The van der Waals surface area contributed by atoms with Crippen molar-refractivity contribution >= 4 is 18.4 Å². The van der Waals surface area contributed by atoms with Gasteiger partial charge >= 0.3 is 5.97 Å². The van der Waals surface area contributed by atoms with Gasteiger partial charge in [0.05, 0.1) is 6.54 Å². The van der Waals surface area contributed by atoms with E-state index in [0.29, 0.717) is 6.42 Å². The summed E-state index contributed by atoms with van der Waals surface area (Å²) in [6.45, 7) is -0.134. The Hall–Kier alpha value is -0.350. The molecule has 2 atom stereocenters. The Kier molecular flexibility index (Phi) is 5.99. The third kappa shape index (κ3) is 4.43. The van der Waals surface area contributed by atoms with E-state index in [-0.39, 0.29) is 25.0 Å². The van der Waals surface area contributed by atoms with Gasteiger partial charge in [-0.05, 0) is 12.8 Å². The molecule has 1 aliphatic rings. The van der Waals surface area contributed by atoms with Crippen LogP contribution in [0.1, 0.15) is 25.7 Å². The molecule has 1 fully saturated rings. The predicted octanol–water partition coefficient (Wildman–Crippen LogP) is 1.36. The zero-order valence-electron chi connectivity index (χ0n) is 7.33. The van der Waals surface area contributed by atoms with Gasteiger partial charge in [-0.2, -0.15) is 0 Å². The van der Waals surface area contributed by atoms with Crippen molar-refractivity contribution in [3.8, 4) is 0 Å². The summed E-state index contributed by atoms with van der Waals surface area (Å²) in [5.41, 5.74) is 0. The maximum Gasteiger partial charge on any atom is 0.317 e.